The molecular formula is C12H16ClNO2. The van der Waals surface area contributed by atoms with Crippen molar-refractivity contribution in [2.45, 2.75) is 13.0 Å². The molecular weight excluding hydrogens is 226 g/mol. The Bertz CT molecular complexity index is 349. The number of ketones is 1. The van der Waals surface area contributed by atoms with Crippen molar-refractivity contribution in [1.29, 1.82) is 0 Å². The van der Waals surface area contributed by atoms with Gasteiger partial charge in [0.1, 0.15) is 0 Å². The number of aliphatic hydroxyl groups is 1. The second-order valence-corrected chi connectivity index (χ2v) is 4.41. The van der Waals surface area contributed by atoms with Gasteiger partial charge in [0.2, 0.25) is 0 Å². The van der Waals surface area contributed by atoms with Gasteiger partial charge in [-0.1, -0.05) is 11.6 Å². The lowest BCUT2D eigenvalue weighted by Gasteiger charge is -2.17. The fourth-order valence-electron chi connectivity index (χ4n) is 1.49. The molecule has 16 heavy (non-hydrogen) atoms. The average molecular weight is 242 g/mol. The molecule has 3 nitrogen and oxygen atoms in total. The van der Waals surface area contributed by atoms with E-state index in [2.05, 4.69) is 0 Å². The van der Waals surface area contributed by atoms with Crippen LogP contribution < -0.4 is 0 Å². The lowest BCUT2D eigenvalue weighted by molar-refractivity contribution is 0.0901. The third kappa shape index (κ3) is 4.31. The van der Waals surface area contributed by atoms with Crippen molar-refractivity contribution in [2.75, 3.05) is 20.1 Å². The Balaban J connectivity index is 2.55. The summed E-state index contributed by atoms with van der Waals surface area (Å²) in [6.07, 6.45) is -0.428. The SMILES string of the molecule is CC(O)CN(C)CC(=O)c1ccc(Cl)cc1. The molecule has 0 aliphatic heterocycles. The molecule has 0 aromatic heterocycles. The van der Waals surface area contributed by atoms with Gasteiger partial charge >= 0.3 is 0 Å². The highest BCUT2D eigenvalue weighted by Gasteiger charge is 2.10. The minimum atomic E-state index is -0.428. The van der Waals surface area contributed by atoms with Crippen molar-refractivity contribution in [1.82, 2.24) is 4.90 Å². The molecule has 0 amide bonds. The van der Waals surface area contributed by atoms with Crippen LogP contribution in [0.5, 0.6) is 0 Å². The lowest BCUT2D eigenvalue weighted by Crippen LogP contribution is -2.32. The van der Waals surface area contributed by atoms with Crippen molar-refractivity contribution < 1.29 is 9.90 Å². The first-order chi connectivity index (χ1) is 7.49. The number of rotatable bonds is 5. The van der Waals surface area contributed by atoms with Crippen molar-refractivity contribution >= 4 is 17.4 Å². The first-order valence-corrected chi connectivity index (χ1v) is 5.52. The first kappa shape index (κ1) is 13.2. The van der Waals surface area contributed by atoms with Gasteiger partial charge in [-0.05, 0) is 38.2 Å². The number of nitrogens with zero attached hydrogens (tertiary/aromatic N) is 1. The van der Waals surface area contributed by atoms with Crippen molar-refractivity contribution in [3.8, 4) is 0 Å². The Kier molecular flexibility index (Phi) is 4.93. The van der Waals surface area contributed by atoms with E-state index < -0.39 is 6.10 Å². The Labute approximate surface area is 101 Å². The van der Waals surface area contributed by atoms with E-state index >= 15 is 0 Å². The van der Waals surface area contributed by atoms with Crippen LogP contribution in [0.15, 0.2) is 24.3 Å². The Morgan fingerprint density at radius 2 is 2.00 bits per heavy atom. The maximum absolute atomic E-state index is 11.8. The fraction of sp³-hybridized carbons (Fsp3) is 0.417. The van der Waals surface area contributed by atoms with Gasteiger partial charge in [0.15, 0.2) is 5.78 Å². The molecule has 1 aromatic carbocycles. The second-order valence-electron chi connectivity index (χ2n) is 3.98. The van der Waals surface area contributed by atoms with Crippen molar-refractivity contribution in [2.24, 2.45) is 0 Å². The zero-order chi connectivity index (χ0) is 12.1. The van der Waals surface area contributed by atoms with Gasteiger partial charge in [0, 0.05) is 17.1 Å². The average Bonchev–Trinajstić information content (AvgIpc) is 2.16. The summed E-state index contributed by atoms with van der Waals surface area (Å²) in [7, 11) is 1.81. The Morgan fingerprint density at radius 1 is 1.44 bits per heavy atom. The van der Waals surface area contributed by atoms with E-state index in [1.54, 1.807) is 43.1 Å². The van der Waals surface area contributed by atoms with Crippen LogP contribution >= 0.6 is 11.6 Å². The molecule has 1 atom stereocenters. The van der Waals surface area contributed by atoms with Gasteiger partial charge in [-0.2, -0.15) is 0 Å². The molecule has 1 rings (SSSR count). The van der Waals surface area contributed by atoms with Crippen LogP contribution in [-0.4, -0.2) is 42.0 Å². The smallest absolute Gasteiger partial charge is 0.176 e. The van der Waals surface area contributed by atoms with E-state index in [9.17, 15) is 9.90 Å². The van der Waals surface area contributed by atoms with E-state index in [1.165, 1.54) is 0 Å². The predicted octanol–water partition coefficient (Wildman–Crippen LogP) is 1.84. The van der Waals surface area contributed by atoms with Gasteiger partial charge in [0.25, 0.3) is 0 Å². The molecule has 0 spiro atoms. The standard InChI is InChI=1S/C12H16ClNO2/c1-9(15)7-14(2)8-12(16)10-3-5-11(13)6-4-10/h3-6,9,15H,7-8H2,1-2H3. The summed E-state index contributed by atoms with van der Waals surface area (Å²) in [4.78, 5) is 13.6. The number of benzene rings is 1. The summed E-state index contributed by atoms with van der Waals surface area (Å²) in [5, 5.41) is 9.79. The number of aliphatic hydroxyl groups excluding tert-OH is 1. The molecule has 0 heterocycles. The third-order valence-electron chi connectivity index (χ3n) is 2.16. The molecule has 88 valence electrons. The maximum Gasteiger partial charge on any atom is 0.176 e. The summed E-state index contributed by atoms with van der Waals surface area (Å²) < 4.78 is 0. The number of Topliss-reactive ketones (excluding diaryl/α,β-unsaturated/α-hetero) is 1. The van der Waals surface area contributed by atoms with E-state index in [1.807, 2.05) is 0 Å². The van der Waals surface area contributed by atoms with E-state index in [-0.39, 0.29) is 5.78 Å². The summed E-state index contributed by atoms with van der Waals surface area (Å²) in [5.74, 6) is 0.0276. The number of carbonyl (C=O) groups is 1. The second kappa shape index (κ2) is 5.99. The third-order valence-corrected chi connectivity index (χ3v) is 2.41. The fourth-order valence-corrected chi connectivity index (χ4v) is 1.61. The summed E-state index contributed by atoms with van der Waals surface area (Å²) in [6.45, 7) is 2.48. The highest BCUT2D eigenvalue weighted by molar-refractivity contribution is 6.30. The normalized spacial score (nSPS) is 12.8. The molecule has 0 saturated carbocycles. The highest BCUT2D eigenvalue weighted by Crippen LogP contribution is 2.10. The molecule has 0 saturated heterocycles. The maximum atomic E-state index is 11.8. The molecule has 1 unspecified atom stereocenters. The van der Waals surface area contributed by atoms with Gasteiger partial charge in [-0.25, -0.2) is 0 Å². The monoisotopic (exact) mass is 241 g/mol. The first-order valence-electron chi connectivity index (χ1n) is 5.14. The number of hydrogen-bond donors (Lipinski definition) is 1. The number of likely N-dealkylation sites (N-methyl/N-ethyl adjacent to an activating group) is 1. The quantitative estimate of drug-likeness (QED) is 0.800. The lowest BCUT2D eigenvalue weighted by atomic mass is 10.1. The van der Waals surface area contributed by atoms with Crippen molar-refractivity contribution in [3.05, 3.63) is 34.9 Å². The van der Waals surface area contributed by atoms with Crippen molar-refractivity contribution in [3.63, 3.8) is 0 Å². The number of halogens is 1. The van der Waals surface area contributed by atoms with Crippen LogP contribution in [0.1, 0.15) is 17.3 Å². The number of carbonyl (C=O) groups excluding carboxylic acids is 1. The van der Waals surface area contributed by atoms with E-state index in [0.29, 0.717) is 23.7 Å². The number of hydrogen-bond acceptors (Lipinski definition) is 3. The summed E-state index contributed by atoms with van der Waals surface area (Å²) in [6, 6.07) is 6.81. The summed E-state index contributed by atoms with van der Waals surface area (Å²) in [5.41, 5.74) is 0.641. The van der Waals surface area contributed by atoms with Crippen LogP contribution in [0.2, 0.25) is 5.02 Å². The van der Waals surface area contributed by atoms with Crippen LogP contribution in [0.25, 0.3) is 0 Å². The Morgan fingerprint density at radius 3 is 2.50 bits per heavy atom. The van der Waals surface area contributed by atoms with Crippen LogP contribution in [0, 0.1) is 0 Å². The van der Waals surface area contributed by atoms with Gasteiger partial charge in [-0.3, -0.25) is 9.69 Å². The molecule has 4 heteroatoms. The summed E-state index contributed by atoms with van der Waals surface area (Å²) >= 11 is 5.74. The predicted molar refractivity (Wildman–Crippen MR) is 65.0 cm³/mol. The molecule has 1 aromatic rings. The van der Waals surface area contributed by atoms with E-state index in [0.717, 1.165) is 0 Å². The van der Waals surface area contributed by atoms with Gasteiger partial charge < -0.3 is 5.11 Å². The zero-order valence-electron chi connectivity index (χ0n) is 9.48. The topological polar surface area (TPSA) is 40.5 Å². The minimum absolute atomic E-state index is 0.0276. The molecule has 0 fully saturated rings. The molecule has 0 aliphatic carbocycles. The Hall–Kier alpha value is -0.900. The molecule has 1 N–H and O–H groups in total. The van der Waals surface area contributed by atoms with E-state index in [4.69, 9.17) is 11.6 Å². The minimum Gasteiger partial charge on any atom is -0.392 e. The molecule has 0 radical (unpaired) electrons. The van der Waals surface area contributed by atoms with Gasteiger partial charge in [-0.15, -0.1) is 0 Å². The van der Waals surface area contributed by atoms with Crippen LogP contribution in [-0.2, 0) is 0 Å². The van der Waals surface area contributed by atoms with Gasteiger partial charge in [0.05, 0.1) is 12.6 Å². The highest BCUT2D eigenvalue weighted by atomic mass is 35.5. The molecule has 0 bridgehead atoms. The molecule has 0 aliphatic rings. The van der Waals surface area contributed by atoms with Crippen LogP contribution in [0.4, 0.5) is 0 Å². The largest absolute Gasteiger partial charge is 0.392 e. The zero-order valence-corrected chi connectivity index (χ0v) is 10.2. The van der Waals surface area contributed by atoms with Crippen LogP contribution in [0.3, 0.4) is 0 Å².